The minimum absolute atomic E-state index is 0.376. The highest BCUT2D eigenvalue weighted by Crippen LogP contribution is 2.34. The molecule has 2 aromatic rings. The summed E-state index contributed by atoms with van der Waals surface area (Å²) in [5.41, 5.74) is 8.76. The molecule has 8 heteroatoms. The number of anilines is 1. The number of aromatic nitrogens is 3. The lowest BCUT2D eigenvalue weighted by atomic mass is 10.0. The maximum atomic E-state index is 11.7. The van der Waals surface area contributed by atoms with Crippen LogP contribution in [-0.2, 0) is 11.2 Å². The Morgan fingerprint density at radius 1 is 1.36 bits per heavy atom. The Balaban J connectivity index is 1.50. The van der Waals surface area contributed by atoms with Gasteiger partial charge >= 0.3 is 6.09 Å². The zero-order valence-electron chi connectivity index (χ0n) is 17.3. The van der Waals surface area contributed by atoms with Crippen molar-refractivity contribution >= 4 is 17.6 Å². The van der Waals surface area contributed by atoms with Gasteiger partial charge in [-0.2, -0.15) is 9.61 Å². The number of aryl methyl sites for hydroxylation is 1. The second-order valence-corrected chi connectivity index (χ2v) is 8.45. The van der Waals surface area contributed by atoms with E-state index in [4.69, 9.17) is 15.5 Å². The highest BCUT2D eigenvalue weighted by Gasteiger charge is 2.27. The van der Waals surface area contributed by atoms with E-state index < -0.39 is 5.60 Å². The Kier molecular flexibility index (Phi) is 6.07. The van der Waals surface area contributed by atoms with Gasteiger partial charge in [0.15, 0.2) is 5.65 Å². The fourth-order valence-corrected chi connectivity index (χ4v) is 3.70. The molecular formula is C20H32N6O2. The average molecular weight is 389 g/mol. The minimum Gasteiger partial charge on any atom is -0.444 e. The molecule has 2 atom stereocenters. The average Bonchev–Trinajstić information content (AvgIpc) is 3.24. The number of rotatable bonds is 6. The topological polar surface area (TPSA) is 107 Å². The fourth-order valence-electron chi connectivity index (χ4n) is 3.70. The molecule has 1 aliphatic carbocycles. The molecule has 0 spiro atoms. The largest absolute Gasteiger partial charge is 0.444 e. The van der Waals surface area contributed by atoms with Gasteiger partial charge in [0.05, 0.1) is 6.20 Å². The normalized spacial score (nSPS) is 19.9. The smallest absolute Gasteiger partial charge is 0.407 e. The molecule has 2 aromatic heterocycles. The Morgan fingerprint density at radius 3 is 2.86 bits per heavy atom. The van der Waals surface area contributed by atoms with E-state index in [-0.39, 0.29) is 6.09 Å². The van der Waals surface area contributed by atoms with Gasteiger partial charge in [-0.05, 0) is 46.5 Å². The number of nitrogens with one attached hydrogen (secondary N) is 2. The summed E-state index contributed by atoms with van der Waals surface area (Å²) in [4.78, 5) is 16.5. The van der Waals surface area contributed by atoms with Gasteiger partial charge in [0.2, 0.25) is 0 Å². The Labute approximate surface area is 166 Å². The van der Waals surface area contributed by atoms with Gasteiger partial charge in [0.1, 0.15) is 11.4 Å². The molecule has 28 heavy (non-hydrogen) atoms. The van der Waals surface area contributed by atoms with E-state index in [9.17, 15) is 4.79 Å². The fraction of sp³-hybridized carbons (Fsp3) is 0.650. The molecule has 1 saturated carbocycles. The second-order valence-electron chi connectivity index (χ2n) is 8.45. The Morgan fingerprint density at radius 2 is 2.14 bits per heavy atom. The lowest BCUT2D eigenvalue weighted by molar-refractivity contribution is 0.0528. The summed E-state index contributed by atoms with van der Waals surface area (Å²) >= 11 is 0. The van der Waals surface area contributed by atoms with Crippen LogP contribution >= 0.6 is 0 Å². The zero-order chi connectivity index (χ0) is 20.3. The van der Waals surface area contributed by atoms with Crippen LogP contribution in [0.5, 0.6) is 0 Å². The third-order valence-electron chi connectivity index (χ3n) is 5.05. The van der Waals surface area contributed by atoms with Crippen LogP contribution in [0.2, 0.25) is 0 Å². The summed E-state index contributed by atoms with van der Waals surface area (Å²) < 4.78 is 6.96. The molecular weight excluding hydrogens is 356 g/mol. The van der Waals surface area contributed by atoms with Crippen molar-refractivity contribution in [3.05, 3.63) is 23.5 Å². The SMILES string of the molecule is CCc1cnn2c(N)cc(C3CC[C@H](NCCNC(=O)OC(C)(C)C)C3)nc12. The van der Waals surface area contributed by atoms with Gasteiger partial charge in [-0.1, -0.05) is 6.92 Å². The number of amides is 1. The maximum Gasteiger partial charge on any atom is 0.407 e. The molecule has 1 aliphatic rings. The molecule has 1 fully saturated rings. The van der Waals surface area contributed by atoms with Gasteiger partial charge in [-0.15, -0.1) is 0 Å². The molecule has 0 saturated heterocycles. The number of hydrogen-bond donors (Lipinski definition) is 3. The van der Waals surface area contributed by atoms with Gasteiger partial charge < -0.3 is 21.1 Å². The predicted molar refractivity (Wildman–Crippen MR) is 109 cm³/mol. The number of nitrogens with two attached hydrogens (primary N) is 1. The van der Waals surface area contributed by atoms with E-state index in [0.717, 1.165) is 42.6 Å². The van der Waals surface area contributed by atoms with E-state index in [1.54, 1.807) is 4.52 Å². The third-order valence-corrected chi connectivity index (χ3v) is 5.05. The van der Waals surface area contributed by atoms with Crippen LogP contribution in [0, 0.1) is 0 Å². The zero-order valence-corrected chi connectivity index (χ0v) is 17.3. The van der Waals surface area contributed by atoms with Gasteiger partial charge in [-0.25, -0.2) is 9.78 Å². The molecule has 0 aliphatic heterocycles. The standard InChI is InChI=1S/C20H32N6O2/c1-5-13-12-24-26-17(21)11-16(25-18(13)26)14-6-7-15(10-14)22-8-9-23-19(27)28-20(2,3)4/h11-12,14-15,22H,5-10,21H2,1-4H3,(H,23,27)/t14?,15-/m0/s1. The summed E-state index contributed by atoms with van der Waals surface area (Å²) in [6, 6.07) is 2.37. The first-order valence-electron chi connectivity index (χ1n) is 10.1. The lowest BCUT2D eigenvalue weighted by Crippen LogP contribution is -2.38. The summed E-state index contributed by atoms with van der Waals surface area (Å²) in [5.74, 6) is 1.03. The lowest BCUT2D eigenvalue weighted by Gasteiger charge is -2.20. The van der Waals surface area contributed by atoms with Crippen LogP contribution < -0.4 is 16.4 Å². The van der Waals surface area contributed by atoms with Crippen molar-refractivity contribution < 1.29 is 9.53 Å². The van der Waals surface area contributed by atoms with Crippen molar-refractivity contribution in [1.29, 1.82) is 0 Å². The highest BCUT2D eigenvalue weighted by molar-refractivity contribution is 5.67. The number of nitrogen functional groups attached to an aromatic ring is 1. The Hall–Kier alpha value is -2.35. The van der Waals surface area contributed by atoms with Crippen molar-refractivity contribution in [2.24, 2.45) is 0 Å². The number of ether oxygens (including phenoxy) is 1. The summed E-state index contributed by atoms with van der Waals surface area (Å²) in [7, 11) is 0. The van der Waals surface area contributed by atoms with E-state index in [0.29, 0.717) is 30.9 Å². The summed E-state index contributed by atoms with van der Waals surface area (Å²) in [6.45, 7) is 8.93. The maximum absolute atomic E-state index is 11.7. The third kappa shape index (κ3) is 4.92. The molecule has 154 valence electrons. The first kappa shape index (κ1) is 20.4. The number of alkyl carbamates (subject to hydrolysis) is 1. The summed E-state index contributed by atoms with van der Waals surface area (Å²) in [5, 5.41) is 10.6. The quantitative estimate of drug-likeness (QED) is 0.657. The van der Waals surface area contributed by atoms with Gasteiger partial charge in [0, 0.05) is 42.4 Å². The number of hydrogen-bond acceptors (Lipinski definition) is 6. The first-order chi connectivity index (χ1) is 13.3. The molecule has 0 aromatic carbocycles. The van der Waals surface area contributed by atoms with E-state index in [1.807, 2.05) is 33.0 Å². The molecule has 4 N–H and O–H groups in total. The highest BCUT2D eigenvalue weighted by atomic mass is 16.6. The molecule has 1 unspecified atom stereocenters. The van der Waals surface area contributed by atoms with E-state index in [1.165, 1.54) is 0 Å². The molecule has 3 rings (SSSR count). The predicted octanol–water partition coefficient (Wildman–Crippen LogP) is 2.62. The molecule has 0 radical (unpaired) electrons. The number of carbonyl (C=O) groups is 1. The summed E-state index contributed by atoms with van der Waals surface area (Å²) in [6.07, 6.45) is 5.54. The van der Waals surface area contributed by atoms with Crippen LogP contribution in [0.1, 0.15) is 64.1 Å². The van der Waals surface area contributed by atoms with Crippen molar-refractivity contribution in [3.8, 4) is 0 Å². The minimum atomic E-state index is -0.473. The molecule has 0 bridgehead atoms. The van der Waals surface area contributed by atoms with Crippen LogP contribution in [0.25, 0.3) is 5.65 Å². The van der Waals surface area contributed by atoms with Crippen LogP contribution in [0.4, 0.5) is 10.6 Å². The first-order valence-corrected chi connectivity index (χ1v) is 10.1. The monoisotopic (exact) mass is 388 g/mol. The van der Waals surface area contributed by atoms with E-state index >= 15 is 0 Å². The molecule has 8 nitrogen and oxygen atoms in total. The molecule has 2 heterocycles. The Bertz CT molecular complexity index is 826. The van der Waals surface area contributed by atoms with E-state index in [2.05, 4.69) is 22.7 Å². The number of carbonyl (C=O) groups excluding carboxylic acids is 1. The van der Waals surface area contributed by atoms with Crippen molar-refractivity contribution in [1.82, 2.24) is 25.2 Å². The van der Waals surface area contributed by atoms with Crippen molar-refractivity contribution in [3.63, 3.8) is 0 Å². The number of fused-ring (bicyclic) bond motifs is 1. The van der Waals surface area contributed by atoms with Crippen LogP contribution in [-0.4, -0.2) is 45.4 Å². The second kappa shape index (κ2) is 8.34. The van der Waals surface area contributed by atoms with Crippen molar-refractivity contribution in [2.75, 3.05) is 18.8 Å². The van der Waals surface area contributed by atoms with Crippen LogP contribution in [0.3, 0.4) is 0 Å². The van der Waals surface area contributed by atoms with Crippen LogP contribution in [0.15, 0.2) is 12.3 Å². The van der Waals surface area contributed by atoms with Gasteiger partial charge in [0.25, 0.3) is 0 Å². The number of nitrogens with zero attached hydrogens (tertiary/aromatic N) is 3. The van der Waals surface area contributed by atoms with Crippen molar-refractivity contribution in [2.45, 2.75) is 70.9 Å². The molecule has 1 amide bonds. The van der Waals surface area contributed by atoms with Gasteiger partial charge in [-0.3, -0.25) is 0 Å².